The van der Waals surface area contributed by atoms with Gasteiger partial charge in [-0.15, -0.1) is 0 Å². The van der Waals surface area contributed by atoms with Crippen molar-refractivity contribution in [1.29, 1.82) is 0 Å². The Kier molecular flexibility index (Phi) is 16.8. The number of carbonyl (C=O) groups is 3. The number of hydrogen-bond donors (Lipinski definition) is 1. The highest BCUT2D eigenvalue weighted by atomic mass is 16.6. The van der Waals surface area contributed by atoms with Gasteiger partial charge < -0.3 is 34.2 Å². The lowest BCUT2D eigenvalue weighted by Gasteiger charge is -2.29. The van der Waals surface area contributed by atoms with E-state index in [1.165, 1.54) is 0 Å². The molecule has 0 unspecified atom stereocenters. The summed E-state index contributed by atoms with van der Waals surface area (Å²) in [6, 6.07) is 0. The molecule has 0 rings (SSSR count). The van der Waals surface area contributed by atoms with E-state index in [4.69, 9.17) is 34.2 Å². The molecule has 0 amide bonds. The summed E-state index contributed by atoms with van der Waals surface area (Å²) in [5, 5.41) is 0. The summed E-state index contributed by atoms with van der Waals surface area (Å²) >= 11 is 0. The van der Waals surface area contributed by atoms with Crippen LogP contribution in [0.15, 0.2) is 0 Å². The van der Waals surface area contributed by atoms with Gasteiger partial charge in [-0.05, 0) is 32.6 Å². The van der Waals surface area contributed by atoms with Crippen molar-refractivity contribution in [3.63, 3.8) is 0 Å². The van der Waals surface area contributed by atoms with Crippen LogP contribution in [0, 0.1) is 11.8 Å². The van der Waals surface area contributed by atoms with E-state index >= 15 is 0 Å². The normalized spacial score (nSPS) is 12.2. The largest absolute Gasteiger partial charge is 0.465 e. The molecule has 10 nitrogen and oxygen atoms in total. The predicted octanol–water partition coefficient (Wildman–Crippen LogP) is 2.64. The fourth-order valence-corrected chi connectivity index (χ4v) is 2.47. The fourth-order valence-electron chi connectivity index (χ4n) is 2.47. The Balaban J connectivity index is 4.55. The second-order valence-corrected chi connectivity index (χ2v) is 10.5. The van der Waals surface area contributed by atoms with E-state index in [1.807, 2.05) is 27.7 Å². The molecule has 0 heterocycles. The first kappa shape index (κ1) is 33.2. The summed E-state index contributed by atoms with van der Waals surface area (Å²) in [4.78, 5) is 35.3. The van der Waals surface area contributed by atoms with Gasteiger partial charge in [-0.2, -0.15) is 0 Å². The van der Waals surface area contributed by atoms with Crippen molar-refractivity contribution in [2.24, 2.45) is 17.6 Å². The number of ether oxygens (including phenoxy) is 6. The van der Waals surface area contributed by atoms with Gasteiger partial charge in [0.1, 0.15) is 5.60 Å². The average Bonchev–Trinajstić information content (AvgIpc) is 2.73. The van der Waals surface area contributed by atoms with Crippen LogP contribution in [0.2, 0.25) is 0 Å². The third-order valence-electron chi connectivity index (χ3n) is 4.10. The lowest BCUT2D eigenvalue weighted by atomic mass is 10.1. The summed E-state index contributed by atoms with van der Waals surface area (Å²) < 4.78 is 32.3. The zero-order chi connectivity index (χ0) is 26.9. The van der Waals surface area contributed by atoms with Crippen molar-refractivity contribution in [2.75, 3.05) is 52.9 Å². The van der Waals surface area contributed by atoms with Gasteiger partial charge in [-0.1, -0.05) is 27.7 Å². The molecular formula is C25H47NO9. The van der Waals surface area contributed by atoms with Crippen LogP contribution in [0.5, 0.6) is 0 Å². The van der Waals surface area contributed by atoms with Crippen molar-refractivity contribution >= 4 is 17.9 Å². The van der Waals surface area contributed by atoms with Gasteiger partial charge in [0.15, 0.2) is 0 Å². The summed E-state index contributed by atoms with van der Waals surface area (Å²) in [5.41, 5.74) is 4.81. The zero-order valence-electron chi connectivity index (χ0n) is 22.7. The lowest BCUT2D eigenvalue weighted by Crippen LogP contribution is -2.53. The number of hydrogen-bond acceptors (Lipinski definition) is 10. The molecule has 0 aromatic rings. The number of esters is 3. The molecule has 0 aliphatic carbocycles. The summed E-state index contributed by atoms with van der Waals surface area (Å²) in [5.74, 6) is -0.534. The van der Waals surface area contributed by atoms with Crippen LogP contribution in [0.3, 0.4) is 0 Å². The van der Waals surface area contributed by atoms with E-state index in [1.54, 1.807) is 20.8 Å². The zero-order valence-corrected chi connectivity index (χ0v) is 22.7. The first-order valence-corrected chi connectivity index (χ1v) is 12.3. The maximum Gasteiger partial charge on any atom is 0.308 e. The molecule has 0 aromatic carbocycles. The molecule has 206 valence electrons. The Morgan fingerprint density at radius 1 is 0.657 bits per heavy atom. The van der Waals surface area contributed by atoms with Gasteiger partial charge >= 0.3 is 17.9 Å². The quantitative estimate of drug-likeness (QED) is 0.159. The van der Waals surface area contributed by atoms with Crippen LogP contribution in [0.25, 0.3) is 0 Å². The highest BCUT2D eigenvalue weighted by Crippen LogP contribution is 2.10. The highest BCUT2D eigenvalue weighted by Gasteiger charge is 2.27. The Morgan fingerprint density at radius 2 is 1.00 bits per heavy atom. The lowest BCUT2D eigenvalue weighted by molar-refractivity contribution is -0.156. The SMILES string of the molecule is CC(C)COC(=O)CCOCC(N)(COCCC(=O)OCC(C)C)COCCC(=O)OC(C)(C)C. The number of nitrogens with two attached hydrogens (primary N) is 1. The van der Waals surface area contributed by atoms with Gasteiger partial charge in [0, 0.05) is 0 Å². The Bertz CT molecular complexity index is 583. The molecule has 10 heteroatoms. The van der Waals surface area contributed by atoms with Crippen LogP contribution < -0.4 is 5.73 Å². The standard InChI is InChI=1S/C25H47NO9/c1-19(2)14-33-21(27)8-11-30-16-25(26,17-31-12-9-22(28)34-15-20(3)4)18-32-13-10-23(29)35-24(5,6)7/h19-20H,8-18,26H2,1-7H3. The van der Waals surface area contributed by atoms with Crippen molar-refractivity contribution in [3.05, 3.63) is 0 Å². The highest BCUT2D eigenvalue weighted by molar-refractivity contribution is 5.70. The minimum atomic E-state index is -1.04. The van der Waals surface area contributed by atoms with Crippen LogP contribution in [-0.2, 0) is 42.8 Å². The topological polar surface area (TPSA) is 133 Å². The number of carbonyl (C=O) groups excluding carboxylic acids is 3. The first-order chi connectivity index (χ1) is 16.2. The summed E-state index contributed by atoms with van der Waals surface area (Å²) in [7, 11) is 0. The van der Waals surface area contributed by atoms with Crippen molar-refractivity contribution in [1.82, 2.24) is 0 Å². The van der Waals surface area contributed by atoms with E-state index in [0.717, 1.165) is 0 Å². The molecule has 0 aliphatic rings. The van der Waals surface area contributed by atoms with E-state index in [0.29, 0.717) is 13.2 Å². The van der Waals surface area contributed by atoms with Gasteiger partial charge in [-0.25, -0.2) is 0 Å². The van der Waals surface area contributed by atoms with Crippen molar-refractivity contribution < 1.29 is 42.8 Å². The molecule has 0 saturated carbocycles. The minimum absolute atomic E-state index is 0.0470. The maximum atomic E-state index is 11.9. The molecule has 0 radical (unpaired) electrons. The molecule has 0 fully saturated rings. The van der Waals surface area contributed by atoms with Crippen molar-refractivity contribution in [3.8, 4) is 0 Å². The van der Waals surface area contributed by atoms with E-state index in [9.17, 15) is 14.4 Å². The number of rotatable bonds is 19. The maximum absolute atomic E-state index is 11.9. The predicted molar refractivity (Wildman–Crippen MR) is 131 cm³/mol. The van der Waals surface area contributed by atoms with Gasteiger partial charge in [0.25, 0.3) is 0 Å². The van der Waals surface area contributed by atoms with Gasteiger partial charge in [0.05, 0.1) is 77.7 Å². The molecular weight excluding hydrogens is 458 g/mol. The van der Waals surface area contributed by atoms with Crippen LogP contribution >= 0.6 is 0 Å². The Labute approximate surface area is 210 Å². The second-order valence-electron chi connectivity index (χ2n) is 10.5. The van der Waals surface area contributed by atoms with Crippen LogP contribution in [0.1, 0.15) is 67.7 Å². The smallest absolute Gasteiger partial charge is 0.308 e. The molecule has 0 aliphatic heterocycles. The Morgan fingerprint density at radius 3 is 1.31 bits per heavy atom. The van der Waals surface area contributed by atoms with E-state index in [-0.39, 0.29) is 88.6 Å². The molecule has 0 aromatic heterocycles. The average molecular weight is 506 g/mol. The molecule has 0 atom stereocenters. The van der Waals surface area contributed by atoms with Crippen LogP contribution in [-0.4, -0.2) is 81.9 Å². The molecule has 35 heavy (non-hydrogen) atoms. The third kappa shape index (κ3) is 21.3. The van der Waals surface area contributed by atoms with Gasteiger partial charge in [-0.3, -0.25) is 14.4 Å². The second kappa shape index (κ2) is 17.6. The van der Waals surface area contributed by atoms with Crippen LogP contribution in [0.4, 0.5) is 0 Å². The molecule has 2 N–H and O–H groups in total. The molecule has 0 spiro atoms. The molecule has 0 bridgehead atoms. The molecule has 0 saturated heterocycles. The van der Waals surface area contributed by atoms with Crippen molar-refractivity contribution in [2.45, 2.75) is 78.9 Å². The third-order valence-corrected chi connectivity index (χ3v) is 4.10. The van der Waals surface area contributed by atoms with E-state index in [2.05, 4.69) is 0 Å². The summed E-state index contributed by atoms with van der Waals surface area (Å²) in [6.07, 6.45) is 0.286. The first-order valence-electron chi connectivity index (χ1n) is 12.3. The fraction of sp³-hybridized carbons (Fsp3) is 0.880. The summed E-state index contributed by atoms with van der Waals surface area (Å²) in [6.45, 7) is 14.5. The van der Waals surface area contributed by atoms with E-state index < -0.39 is 11.1 Å². The minimum Gasteiger partial charge on any atom is -0.465 e. The monoisotopic (exact) mass is 505 g/mol. The van der Waals surface area contributed by atoms with Gasteiger partial charge in [0.2, 0.25) is 0 Å². The Hall–Kier alpha value is -1.75.